The van der Waals surface area contributed by atoms with Gasteiger partial charge in [-0.2, -0.15) is 0 Å². The van der Waals surface area contributed by atoms with E-state index in [1.54, 1.807) is 0 Å². The lowest BCUT2D eigenvalue weighted by molar-refractivity contribution is 0.0260. The number of amides is 1. The minimum absolute atomic E-state index is 0.0588. The summed E-state index contributed by atoms with van der Waals surface area (Å²) in [6.07, 6.45) is 1.86. The number of carbonyl (C=O) groups excluding carboxylic acids is 1. The zero-order valence-corrected chi connectivity index (χ0v) is 13.2. The van der Waals surface area contributed by atoms with Crippen molar-refractivity contribution >= 4 is 17.5 Å². The van der Waals surface area contributed by atoms with Gasteiger partial charge >= 0.3 is 0 Å². The maximum atomic E-state index is 13.0. The first-order valence-electron chi connectivity index (χ1n) is 7.49. The third-order valence-electron chi connectivity index (χ3n) is 4.25. The highest BCUT2D eigenvalue weighted by Gasteiger charge is 2.32. The maximum Gasteiger partial charge on any atom is 0.252 e. The topological polar surface area (TPSA) is 49.3 Å². The van der Waals surface area contributed by atoms with Crippen molar-refractivity contribution in [2.24, 2.45) is 0 Å². The predicted octanol–water partition coefficient (Wildman–Crippen LogP) is 3.13. The van der Waals surface area contributed by atoms with Gasteiger partial charge in [-0.1, -0.05) is 35.9 Å². The second kappa shape index (κ2) is 6.30. The van der Waals surface area contributed by atoms with Crippen LogP contribution in [0, 0.1) is 5.82 Å². The molecule has 3 nitrogen and oxygen atoms in total. The van der Waals surface area contributed by atoms with Crippen LogP contribution in [0.3, 0.4) is 0 Å². The average Bonchev–Trinajstić information content (AvgIpc) is 2.52. The molecule has 0 unspecified atom stereocenters. The van der Waals surface area contributed by atoms with Gasteiger partial charge in [0.25, 0.3) is 5.91 Å². The number of aliphatic hydroxyl groups is 1. The van der Waals surface area contributed by atoms with E-state index in [1.165, 1.54) is 17.7 Å². The maximum absolute atomic E-state index is 13.0. The number of carbonyl (C=O) groups is 1. The first-order chi connectivity index (χ1) is 11.0. The van der Waals surface area contributed by atoms with Crippen molar-refractivity contribution in [1.82, 2.24) is 5.32 Å². The number of hydrogen-bond donors (Lipinski definition) is 2. The molecule has 23 heavy (non-hydrogen) atoms. The molecule has 0 fully saturated rings. The van der Waals surface area contributed by atoms with Crippen LogP contribution in [-0.4, -0.2) is 23.2 Å². The van der Waals surface area contributed by atoms with Gasteiger partial charge in [0.05, 0.1) is 16.2 Å². The number of aryl methyl sites for hydroxylation is 1. The summed E-state index contributed by atoms with van der Waals surface area (Å²) in [6, 6.07) is 11.6. The van der Waals surface area contributed by atoms with Gasteiger partial charge in [-0.3, -0.25) is 4.79 Å². The smallest absolute Gasteiger partial charge is 0.252 e. The Hall–Kier alpha value is -1.91. The molecule has 0 spiro atoms. The largest absolute Gasteiger partial charge is 0.388 e. The lowest BCUT2D eigenvalue weighted by Gasteiger charge is -2.33. The lowest BCUT2D eigenvalue weighted by Crippen LogP contribution is -2.46. The molecule has 1 aliphatic carbocycles. The van der Waals surface area contributed by atoms with Crippen molar-refractivity contribution in [2.45, 2.75) is 24.9 Å². The Bertz CT molecular complexity index is 750. The molecule has 1 atom stereocenters. The Morgan fingerprint density at radius 3 is 2.74 bits per heavy atom. The van der Waals surface area contributed by atoms with Gasteiger partial charge in [0.2, 0.25) is 0 Å². The first kappa shape index (κ1) is 16.0. The summed E-state index contributed by atoms with van der Waals surface area (Å²) in [5.74, 6) is -0.906. The number of nitrogens with one attached hydrogen (secondary N) is 1. The van der Waals surface area contributed by atoms with Crippen molar-refractivity contribution in [2.75, 3.05) is 6.54 Å². The van der Waals surface area contributed by atoms with Gasteiger partial charge < -0.3 is 10.4 Å². The molecule has 0 saturated heterocycles. The molecule has 0 bridgehead atoms. The van der Waals surface area contributed by atoms with E-state index in [9.17, 15) is 14.3 Å². The Morgan fingerprint density at radius 2 is 2.00 bits per heavy atom. The van der Waals surface area contributed by atoms with Crippen molar-refractivity contribution in [3.63, 3.8) is 0 Å². The summed E-state index contributed by atoms with van der Waals surface area (Å²) < 4.78 is 13.0. The van der Waals surface area contributed by atoms with Crippen LogP contribution in [0.5, 0.6) is 0 Å². The van der Waals surface area contributed by atoms with Gasteiger partial charge in [-0.25, -0.2) is 4.39 Å². The molecule has 0 saturated carbocycles. The van der Waals surface area contributed by atoms with Crippen LogP contribution in [0.4, 0.5) is 4.39 Å². The van der Waals surface area contributed by atoms with Gasteiger partial charge in [0.15, 0.2) is 0 Å². The van der Waals surface area contributed by atoms with Crippen molar-refractivity contribution in [3.05, 3.63) is 70.0 Å². The first-order valence-corrected chi connectivity index (χ1v) is 7.87. The van der Waals surface area contributed by atoms with Gasteiger partial charge in [-0.05, 0) is 42.2 Å². The van der Waals surface area contributed by atoms with E-state index in [1.807, 2.05) is 18.2 Å². The summed E-state index contributed by atoms with van der Waals surface area (Å²) in [7, 11) is 0. The van der Waals surface area contributed by atoms with Crippen LogP contribution in [0.25, 0.3) is 0 Å². The molecular weight excluding hydrogens is 317 g/mol. The van der Waals surface area contributed by atoms with Crippen LogP contribution < -0.4 is 5.32 Å². The summed E-state index contributed by atoms with van der Waals surface area (Å²) in [5, 5.41) is 13.5. The number of halogens is 2. The minimum Gasteiger partial charge on any atom is -0.388 e. The Balaban J connectivity index is 1.67. The molecule has 0 aliphatic heterocycles. The molecule has 5 heteroatoms. The van der Waals surface area contributed by atoms with E-state index in [0.717, 1.165) is 18.1 Å². The Kier molecular flexibility index (Phi) is 4.37. The quantitative estimate of drug-likeness (QED) is 0.906. The van der Waals surface area contributed by atoms with Crippen LogP contribution in [0.2, 0.25) is 5.02 Å². The molecule has 1 amide bonds. The van der Waals surface area contributed by atoms with E-state index < -0.39 is 17.3 Å². The normalized spacial score (nSPS) is 20.0. The van der Waals surface area contributed by atoms with Crippen LogP contribution >= 0.6 is 11.6 Å². The molecule has 2 aromatic carbocycles. The van der Waals surface area contributed by atoms with Crippen molar-refractivity contribution in [1.29, 1.82) is 0 Å². The fraction of sp³-hybridized carbons (Fsp3) is 0.278. The van der Waals surface area contributed by atoms with Crippen molar-refractivity contribution in [3.8, 4) is 0 Å². The average molecular weight is 334 g/mol. The molecule has 3 rings (SSSR count). The zero-order valence-electron chi connectivity index (χ0n) is 12.5. The van der Waals surface area contributed by atoms with E-state index >= 15 is 0 Å². The highest BCUT2D eigenvalue weighted by molar-refractivity contribution is 6.33. The molecule has 120 valence electrons. The van der Waals surface area contributed by atoms with Gasteiger partial charge in [-0.15, -0.1) is 0 Å². The number of rotatable bonds is 3. The third kappa shape index (κ3) is 3.54. The molecule has 0 radical (unpaired) electrons. The summed E-state index contributed by atoms with van der Waals surface area (Å²) in [4.78, 5) is 12.2. The Morgan fingerprint density at radius 1 is 1.26 bits per heavy atom. The third-order valence-corrected chi connectivity index (χ3v) is 4.56. The minimum atomic E-state index is -0.976. The Labute approximate surface area is 139 Å². The van der Waals surface area contributed by atoms with Crippen LogP contribution in [-0.2, 0) is 12.8 Å². The molecule has 1 aliphatic rings. The highest BCUT2D eigenvalue weighted by Crippen LogP contribution is 2.28. The van der Waals surface area contributed by atoms with Gasteiger partial charge in [0, 0.05) is 13.0 Å². The molecule has 2 aromatic rings. The summed E-state index contributed by atoms with van der Waals surface area (Å²) in [5.41, 5.74) is 1.57. The molecule has 0 heterocycles. The number of fused-ring (bicyclic) bond motifs is 1. The predicted molar refractivity (Wildman–Crippen MR) is 87.2 cm³/mol. The fourth-order valence-corrected chi connectivity index (χ4v) is 3.20. The van der Waals surface area contributed by atoms with E-state index in [2.05, 4.69) is 11.4 Å². The van der Waals surface area contributed by atoms with Gasteiger partial charge in [0.1, 0.15) is 5.82 Å². The van der Waals surface area contributed by atoms with Crippen LogP contribution in [0.1, 0.15) is 27.9 Å². The summed E-state index contributed by atoms with van der Waals surface area (Å²) in [6.45, 7) is 0.133. The number of benzene rings is 2. The zero-order chi connectivity index (χ0) is 16.4. The van der Waals surface area contributed by atoms with E-state index in [-0.39, 0.29) is 17.1 Å². The fourth-order valence-electron chi connectivity index (χ4n) is 2.95. The SMILES string of the molecule is O=C(NC[C@@]1(O)CCc2ccccc2C1)c1ccc(F)cc1Cl. The van der Waals surface area contributed by atoms with Crippen molar-refractivity contribution < 1.29 is 14.3 Å². The molecular formula is C18H17ClFNO2. The molecule has 2 N–H and O–H groups in total. The van der Waals surface area contributed by atoms with Crippen LogP contribution in [0.15, 0.2) is 42.5 Å². The highest BCUT2D eigenvalue weighted by atomic mass is 35.5. The molecule has 0 aromatic heterocycles. The number of hydrogen-bond acceptors (Lipinski definition) is 2. The van der Waals surface area contributed by atoms with E-state index in [4.69, 9.17) is 11.6 Å². The summed E-state index contributed by atoms with van der Waals surface area (Å²) >= 11 is 5.88. The second-order valence-electron chi connectivity index (χ2n) is 5.98. The standard InChI is InChI=1S/C18H17ClFNO2/c19-16-9-14(20)5-6-15(16)17(22)21-11-18(23)8-7-12-3-1-2-4-13(12)10-18/h1-6,9,23H,7-8,10-11H2,(H,21,22)/t18-/m1/s1. The monoisotopic (exact) mass is 333 g/mol. The van der Waals surface area contributed by atoms with E-state index in [0.29, 0.717) is 12.8 Å². The second-order valence-corrected chi connectivity index (χ2v) is 6.38. The lowest BCUT2D eigenvalue weighted by atomic mass is 9.80.